The van der Waals surface area contributed by atoms with Gasteiger partial charge in [-0.15, -0.1) is 16.4 Å². The number of hydrogen-bond donors (Lipinski definition) is 1. The number of fused-ring (bicyclic) bond motifs is 1. The van der Waals surface area contributed by atoms with E-state index >= 15 is 4.39 Å². The molecule has 0 aliphatic rings. The number of hydrogen-bond acceptors (Lipinski definition) is 6. The average molecular weight is 444 g/mol. The number of aliphatic hydroxyl groups is 1. The number of thiazole rings is 1. The third kappa shape index (κ3) is 3.31. The number of benzene rings is 1. The molecule has 0 aliphatic carbocycles. The smallest absolute Gasteiger partial charge is 0.350 e. The Labute approximate surface area is 180 Å². The van der Waals surface area contributed by atoms with Gasteiger partial charge in [0.05, 0.1) is 16.6 Å². The van der Waals surface area contributed by atoms with Crippen LogP contribution < -0.4 is 11.2 Å². The molecule has 0 fully saturated rings. The Morgan fingerprint density at radius 1 is 1.23 bits per heavy atom. The maximum atomic E-state index is 15.2. The Morgan fingerprint density at radius 2 is 1.97 bits per heavy atom. The van der Waals surface area contributed by atoms with Crippen LogP contribution in [0.5, 0.6) is 0 Å². The molecule has 162 valence electrons. The van der Waals surface area contributed by atoms with Gasteiger partial charge in [-0.1, -0.05) is 13.8 Å². The van der Waals surface area contributed by atoms with Crippen molar-refractivity contribution in [1.82, 2.24) is 23.9 Å². The fraction of sp³-hybridized carbons (Fsp3) is 0.333. The van der Waals surface area contributed by atoms with E-state index in [0.29, 0.717) is 22.6 Å². The summed E-state index contributed by atoms with van der Waals surface area (Å²) in [6.07, 6.45) is 1.75. The van der Waals surface area contributed by atoms with Crippen LogP contribution in [0, 0.1) is 12.7 Å². The first-order valence-corrected chi connectivity index (χ1v) is 10.8. The molecule has 4 aromatic rings. The zero-order valence-corrected chi connectivity index (χ0v) is 18.4. The number of rotatable bonds is 5. The molecule has 3 heterocycles. The highest BCUT2D eigenvalue weighted by atomic mass is 32.1. The number of aliphatic hydroxyl groups excluding tert-OH is 1. The van der Waals surface area contributed by atoms with Gasteiger partial charge in [-0.2, -0.15) is 4.68 Å². The predicted octanol–water partition coefficient (Wildman–Crippen LogP) is 2.88. The zero-order valence-electron chi connectivity index (χ0n) is 17.6. The monoisotopic (exact) mass is 443 g/mol. The molecule has 0 amide bonds. The second-order valence-corrected chi connectivity index (χ2v) is 8.35. The minimum atomic E-state index is -0.745. The van der Waals surface area contributed by atoms with Crippen molar-refractivity contribution in [3.63, 3.8) is 0 Å². The van der Waals surface area contributed by atoms with Gasteiger partial charge in [0, 0.05) is 12.7 Å². The first kappa shape index (κ1) is 21.1. The molecule has 0 spiro atoms. The summed E-state index contributed by atoms with van der Waals surface area (Å²) in [6, 6.07) is 2.64. The number of halogens is 1. The molecule has 10 heteroatoms. The third-order valence-corrected chi connectivity index (χ3v) is 6.23. The third-order valence-electron chi connectivity index (χ3n) is 5.30. The number of nitrogens with zero attached hydrogens (tertiary/aromatic N) is 5. The van der Waals surface area contributed by atoms with Gasteiger partial charge in [0.25, 0.3) is 5.56 Å². The molecule has 0 unspecified atom stereocenters. The van der Waals surface area contributed by atoms with Gasteiger partial charge < -0.3 is 5.11 Å². The van der Waals surface area contributed by atoms with E-state index in [-0.39, 0.29) is 28.4 Å². The molecule has 31 heavy (non-hydrogen) atoms. The minimum absolute atomic E-state index is 0.0267. The minimum Gasteiger partial charge on any atom is -0.388 e. The van der Waals surface area contributed by atoms with E-state index in [0.717, 1.165) is 16.3 Å². The summed E-state index contributed by atoms with van der Waals surface area (Å²) in [4.78, 5) is 30.2. The zero-order chi connectivity index (χ0) is 22.4. The van der Waals surface area contributed by atoms with Crippen molar-refractivity contribution < 1.29 is 9.50 Å². The molecular weight excluding hydrogens is 421 g/mol. The largest absolute Gasteiger partial charge is 0.388 e. The molecule has 0 aliphatic heterocycles. The predicted molar refractivity (Wildman–Crippen MR) is 117 cm³/mol. The summed E-state index contributed by atoms with van der Waals surface area (Å²) in [5, 5.41) is 15.0. The second kappa shape index (κ2) is 7.86. The molecule has 0 saturated carbocycles. The molecule has 0 atom stereocenters. The summed E-state index contributed by atoms with van der Waals surface area (Å²) in [6.45, 7) is 7.37. The molecule has 8 nitrogen and oxygen atoms in total. The lowest BCUT2D eigenvalue weighted by Gasteiger charge is -2.15. The van der Waals surface area contributed by atoms with Crippen molar-refractivity contribution in [3.8, 4) is 10.7 Å². The molecule has 0 saturated heterocycles. The topological polar surface area (TPSA) is 94.9 Å². The lowest BCUT2D eigenvalue weighted by Crippen LogP contribution is -2.25. The molecular formula is C21H22FN5O3S. The summed E-state index contributed by atoms with van der Waals surface area (Å²) in [5.74, 6) is -0.573. The van der Waals surface area contributed by atoms with Crippen molar-refractivity contribution in [2.75, 3.05) is 0 Å². The first-order chi connectivity index (χ1) is 14.8. The van der Waals surface area contributed by atoms with E-state index in [4.69, 9.17) is 0 Å². The van der Waals surface area contributed by atoms with E-state index in [1.165, 1.54) is 26.5 Å². The number of pyridine rings is 1. The molecule has 4 rings (SSSR count). The summed E-state index contributed by atoms with van der Waals surface area (Å²) in [7, 11) is 0. The maximum absolute atomic E-state index is 15.2. The number of aryl methyl sites for hydroxylation is 1. The molecule has 0 radical (unpaired) electrons. The van der Waals surface area contributed by atoms with Crippen LogP contribution in [0.15, 0.2) is 33.4 Å². The maximum Gasteiger partial charge on any atom is 0.350 e. The van der Waals surface area contributed by atoms with Crippen molar-refractivity contribution in [3.05, 3.63) is 67.6 Å². The van der Waals surface area contributed by atoms with Crippen LogP contribution in [0.25, 0.3) is 21.5 Å². The van der Waals surface area contributed by atoms with E-state index in [1.807, 2.05) is 20.8 Å². The first-order valence-electron chi connectivity index (χ1n) is 9.87. The highest BCUT2D eigenvalue weighted by molar-refractivity contribution is 7.12. The van der Waals surface area contributed by atoms with E-state index in [9.17, 15) is 14.7 Å². The van der Waals surface area contributed by atoms with Gasteiger partial charge in [-0.3, -0.25) is 13.9 Å². The van der Waals surface area contributed by atoms with Gasteiger partial charge in [-0.05, 0) is 42.8 Å². The Hall–Kier alpha value is -3.11. The van der Waals surface area contributed by atoms with Crippen LogP contribution >= 0.6 is 11.3 Å². The molecule has 1 N–H and O–H groups in total. The van der Waals surface area contributed by atoms with Crippen LogP contribution in [0.4, 0.5) is 4.39 Å². The number of aromatic nitrogens is 5. The van der Waals surface area contributed by atoms with Crippen LogP contribution in [-0.2, 0) is 13.2 Å². The molecule has 1 aromatic carbocycles. The SMILES string of the molecule is CCn1c(CO)nn(-c2cc3c(C(C)C)cn(-c4scnc4C)c(=O)c3cc2F)c1=O. The fourth-order valence-electron chi connectivity index (χ4n) is 3.70. The van der Waals surface area contributed by atoms with Crippen LogP contribution in [0.3, 0.4) is 0 Å². The van der Waals surface area contributed by atoms with Crippen molar-refractivity contribution in [2.24, 2.45) is 0 Å². The summed E-state index contributed by atoms with van der Waals surface area (Å²) in [5.41, 5.74) is 2.23. The highest BCUT2D eigenvalue weighted by Gasteiger charge is 2.21. The highest BCUT2D eigenvalue weighted by Crippen LogP contribution is 2.29. The van der Waals surface area contributed by atoms with Gasteiger partial charge in [-0.25, -0.2) is 14.2 Å². The van der Waals surface area contributed by atoms with E-state index < -0.39 is 18.1 Å². The summed E-state index contributed by atoms with van der Waals surface area (Å²) >= 11 is 1.34. The van der Waals surface area contributed by atoms with Crippen LogP contribution in [0.1, 0.15) is 43.8 Å². The van der Waals surface area contributed by atoms with E-state index in [1.54, 1.807) is 18.6 Å². The van der Waals surface area contributed by atoms with Gasteiger partial charge in [0.2, 0.25) is 0 Å². The van der Waals surface area contributed by atoms with Crippen molar-refractivity contribution >= 4 is 22.1 Å². The Bertz CT molecular complexity index is 1410. The fourth-order valence-corrected chi connectivity index (χ4v) is 4.49. The summed E-state index contributed by atoms with van der Waals surface area (Å²) < 4.78 is 18.9. The second-order valence-electron chi connectivity index (χ2n) is 7.52. The van der Waals surface area contributed by atoms with Crippen molar-refractivity contribution in [1.29, 1.82) is 0 Å². The average Bonchev–Trinajstić information content (AvgIpc) is 3.30. The quantitative estimate of drug-likeness (QED) is 0.512. The lowest BCUT2D eigenvalue weighted by molar-refractivity contribution is 0.264. The standard InChI is InChI=1S/C21H22FN5O3S/c1-5-25-18(9-28)24-27(21(25)30)17-7-13-14(6-16(17)22)19(29)26(8-15(13)11(2)3)20-12(4)23-10-31-20/h6-8,10-11,28H,5,9H2,1-4H3. The van der Waals surface area contributed by atoms with Gasteiger partial charge in [0.15, 0.2) is 5.82 Å². The lowest BCUT2D eigenvalue weighted by atomic mass is 9.97. The Morgan fingerprint density at radius 3 is 2.52 bits per heavy atom. The molecule has 3 aromatic heterocycles. The van der Waals surface area contributed by atoms with E-state index in [2.05, 4.69) is 10.1 Å². The van der Waals surface area contributed by atoms with Crippen molar-refractivity contribution in [2.45, 2.75) is 46.8 Å². The Balaban J connectivity index is 2.06. The Kier molecular flexibility index (Phi) is 5.36. The normalized spacial score (nSPS) is 11.7. The van der Waals surface area contributed by atoms with Crippen LogP contribution in [0.2, 0.25) is 0 Å². The van der Waals surface area contributed by atoms with Gasteiger partial charge >= 0.3 is 5.69 Å². The van der Waals surface area contributed by atoms with Crippen LogP contribution in [-0.4, -0.2) is 29.0 Å². The molecule has 0 bridgehead atoms. The van der Waals surface area contributed by atoms with Gasteiger partial charge in [0.1, 0.15) is 23.1 Å².